The molecule has 1 aliphatic rings. The molecule has 8 nitrogen and oxygen atoms in total. The summed E-state index contributed by atoms with van der Waals surface area (Å²) in [5, 5.41) is 14.7. The molecule has 0 spiro atoms. The van der Waals surface area contributed by atoms with Crippen molar-refractivity contribution in [3.8, 4) is 0 Å². The quantitative estimate of drug-likeness (QED) is 0.420. The Morgan fingerprint density at radius 1 is 1.14 bits per heavy atom. The van der Waals surface area contributed by atoms with Crippen LogP contribution in [0.25, 0.3) is 0 Å². The van der Waals surface area contributed by atoms with Crippen molar-refractivity contribution in [1.82, 2.24) is 10.4 Å². The summed E-state index contributed by atoms with van der Waals surface area (Å²) in [7, 11) is 0. The third-order valence-corrected chi connectivity index (χ3v) is 4.21. The fourth-order valence-electron chi connectivity index (χ4n) is 2.89. The van der Waals surface area contributed by atoms with Crippen LogP contribution >= 0.6 is 0 Å². The Labute approximate surface area is 158 Å². The number of anilines is 1. The minimum absolute atomic E-state index is 0.0293. The zero-order valence-corrected chi connectivity index (χ0v) is 14.7. The summed E-state index contributed by atoms with van der Waals surface area (Å²) in [6.45, 7) is 1.32. The summed E-state index contributed by atoms with van der Waals surface area (Å²) in [4.78, 5) is 48.3. The second-order valence-corrected chi connectivity index (χ2v) is 6.22. The molecule has 0 saturated carbocycles. The standard InChI is InChI=1S/C19H16FN3O5/c1-10(24)22-13-6-7-14-15(8-13)18(26)23(28)19(27)16(14)17(25)21-9-11-2-4-12(20)5-3-11/h2-8,16,28H,9H2,1H3,(H,21,25)(H,22,24). The molecule has 4 amide bonds. The van der Waals surface area contributed by atoms with E-state index in [9.17, 15) is 28.8 Å². The average molecular weight is 385 g/mol. The van der Waals surface area contributed by atoms with Gasteiger partial charge >= 0.3 is 0 Å². The number of hydrogen-bond donors (Lipinski definition) is 3. The van der Waals surface area contributed by atoms with E-state index in [1.165, 1.54) is 49.4 Å². The molecule has 0 bridgehead atoms. The van der Waals surface area contributed by atoms with Crippen molar-refractivity contribution in [2.45, 2.75) is 19.4 Å². The highest BCUT2D eigenvalue weighted by Gasteiger charge is 2.42. The summed E-state index contributed by atoms with van der Waals surface area (Å²) >= 11 is 0. The Hall–Kier alpha value is -3.59. The first-order valence-corrected chi connectivity index (χ1v) is 8.29. The van der Waals surface area contributed by atoms with Crippen molar-refractivity contribution in [3.05, 3.63) is 65.0 Å². The largest absolute Gasteiger partial charge is 0.351 e. The zero-order chi connectivity index (χ0) is 20.4. The maximum atomic E-state index is 13.0. The molecule has 1 heterocycles. The van der Waals surface area contributed by atoms with Crippen LogP contribution in [-0.2, 0) is 20.9 Å². The van der Waals surface area contributed by atoms with Crippen LogP contribution in [-0.4, -0.2) is 33.9 Å². The number of hydroxylamine groups is 2. The SMILES string of the molecule is CC(=O)Nc1ccc2c(c1)C(=O)N(O)C(=O)C2C(=O)NCc1ccc(F)cc1. The number of carbonyl (C=O) groups excluding carboxylic acids is 4. The van der Waals surface area contributed by atoms with Crippen LogP contribution in [0.15, 0.2) is 42.5 Å². The van der Waals surface area contributed by atoms with Gasteiger partial charge in [0.05, 0.1) is 0 Å². The highest BCUT2D eigenvalue weighted by molar-refractivity contribution is 6.18. The molecule has 0 aromatic heterocycles. The summed E-state index contributed by atoms with van der Waals surface area (Å²) < 4.78 is 13.0. The number of amides is 4. The monoisotopic (exact) mass is 385 g/mol. The second kappa shape index (κ2) is 7.57. The molecule has 1 aliphatic heterocycles. The van der Waals surface area contributed by atoms with Crippen LogP contribution in [0.1, 0.15) is 34.3 Å². The fourth-order valence-corrected chi connectivity index (χ4v) is 2.89. The van der Waals surface area contributed by atoms with E-state index in [1.54, 1.807) is 0 Å². The summed E-state index contributed by atoms with van der Waals surface area (Å²) in [5.41, 5.74) is 0.935. The first-order chi connectivity index (χ1) is 13.3. The highest BCUT2D eigenvalue weighted by Crippen LogP contribution is 2.31. The van der Waals surface area contributed by atoms with Crippen LogP contribution in [0, 0.1) is 5.82 Å². The molecule has 0 fully saturated rings. The topological polar surface area (TPSA) is 116 Å². The van der Waals surface area contributed by atoms with Gasteiger partial charge in [0.2, 0.25) is 11.8 Å². The van der Waals surface area contributed by atoms with Gasteiger partial charge in [0.1, 0.15) is 11.7 Å². The molecule has 1 atom stereocenters. The van der Waals surface area contributed by atoms with Gasteiger partial charge in [-0.2, -0.15) is 5.06 Å². The molecule has 2 aromatic rings. The van der Waals surface area contributed by atoms with Crippen LogP contribution in [0.3, 0.4) is 0 Å². The van der Waals surface area contributed by atoms with E-state index in [0.717, 1.165) is 0 Å². The molecule has 0 radical (unpaired) electrons. The molecular weight excluding hydrogens is 369 g/mol. The molecule has 28 heavy (non-hydrogen) atoms. The molecule has 144 valence electrons. The maximum Gasteiger partial charge on any atom is 0.285 e. The van der Waals surface area contributed by atoms with Crippen LogP contribution in [0.2, 0.25) is 0 Å². The van der Waals surface area contributed by atoms with E-state index in [-0.39, 0.29) is 34.3 Å². The maximum absolute atomic E-state index is 13.0. The van der Waals surface area contributed by atoms with E-state index in [0.29, 0.717) is 5.56 Å². The number of hydrogen-bond acceptors (Lipinski definition) is 5. The minimum Gasteiger partial charge on any atom is -0.351 e. The summed E-state index contributed by atoms with van der Waals surface area (Å²) in [5.74, 6) is -5.03. The van der Waals surface area contributed by atoms with Crippen LogP contribution in [0.5, 0.6) is 0 Å². The van der Waals surface area contributed by atoms with E-state index in [4.69, 9.17) is 0 Å². The van der Waals surface area contributed by atoms with Gasteiger partial charge in [-0.1, -0.05) is 18.2 Å². The molecule has 3 N–H and O–H groups in total. The van der Waals surface area contributed by atoms with Gasteiger partial charge in [-0.25, -0.2) is 4.39 Å². The smallest absolute Gasteiger partial charge is 0.285 e. The van der Waals surface area contributed by atoms with Crippen LogP contribution < -0.4 is 10.6 Å². The van der Waals surface area contributed by atoms with Gasteiger partial charge < -0.3 is 10.6 Å². The van der Waals surface area contributed by atoms with Crippen molar-refractivity contribution < 1.29 is 28.8 Å². The predicted octanol–water partition coefficient (Wildman–Crippen LogP) is 1.56. The Balaban J connectivity index is 1.87. The fraction of sp³-hybridized carbons (Fsp3) is 0.158. The highest BCUT2D eigenvalue weighted by atomic mass is 19.1. The van der Waals surface area contributed by atoms with Gasteiger partial charge in [-0.15, -0.1) is 0 Å². The molecule has 0 saturated heterocycles. The molecule has 9 heteroatoms. The normalized spacial score (nSPS) is 15.8. The summed E-state index contributed by atoms with van der Waals surface area (Å²) in [6, 6.07) is 9.55. The van der Waals surface area contributed by atoms with Crippen molar-refractivity contribution in [2.75, 3.05) is 5.32 Å². The van der Waals surface area contributed by atoms with Crippen molar-refractivity contribution in [3.63, 3.8) is 0 Å². The van der Waals surface area contributed by atoms with Gasteiger partial charge in [0.25, 0.3) is 11.8 Å². The number of fused-ring (bicyclic) bond motifs is 1. The van der Waals surface area contributed by atoms with E-state index in [1.807, 2.05) is 0 Å². The number of nitrogens with one attached hydrogen (secondary N) is 2. The number of benzene rings is 2. The first kappa shape index (κ1) is 19.2. The third kappa shape index (κ3) is 3.74. The van der Waals surface area contributed by atoms with Crippen molar-refractivity contribution in [2.24, 2.45) is 0 Å². The molecular formula is C19H16FN3O5. The van der Waals surface area contributed by atoms with Crippen molar-refractivity contribution in [1.29, 1.82) is 0 Å². The van der Waals surface area contributed by atoms with Gasteiger partial charge in [-0.05, 0) is 35.4 Å². The lowest BCUT2D eigenvalue weighted by molar-refractivity contribution is -0.159. The lowest BCUT2D eigenvalue weighted by Crippen LogP contribution is -2.47. The predicted molar refractivity (Wildman–Crippen MR) is 94.7 cm³/mol. The van der Waals surface area contributed by atoms with E-state index in [2.05, 4.69) is 10.6 Å². The van der Waals surface area contributed by atoms with E-state index >= 15 is 0 Å². The molecule has 0 aliphatic carbocycles. The Morgan fingerprint density at radius 3 is 2.46 bits per heavy atom. The molecule has 2 aromatic carbocycles. The second-order valence-electron chi connectivity index (χ2n) is 6.22. The van der Waals surface area contributed by atoms with Gasteiger partial charge in [0, 0.05) is 24.7 Å². The van der Waals surface area contributed by atoms with Gasteiger partial charge in [0.15, 0.2) is 0 Å². The lowest BCUT2D eigenvalue weighted by atomic mass is 9.88. The van der Waals surface area contributed by atoms with Crippen LogP contribution in [0.4, 0.5) is 10.1 Å². The number of nitrogens with zero attached hydrogens (tertiary/aromatic N) is 1. The Bertz CT molecular complexity index is 974. The number of rotatable bonds is 4. The molecule has 1 unspecified atom stereocenters. The minimum atomic E-state index is -1.44. The average Bonchev–Trinajstić information content (AvgIpc) is 2.66. The Kier molecular flexibility index (Phi) is 5.18. The van der Waals surface area contributed by atoms with Gasteiger partial charge in [-0.3, -0.25) is 24.4 Å². The summed E-state index contributed by atoms with van der Waals surface area (Å²) in [6.07, 6.45) is 0. The van der Waals surface area contributed by atoms with E-state index < -0.39 is 29.5 Å². The van der Waals surface area contributed by atoms with Crippen molar-refractivity contribution >= 4 is 29.3 Å². The zero-order valence-electron chi connectivity index (χ0n) is 14.7. The Morgan fingerprint density at radius 2 is 1.82 bits per heavy atom. The number of halogens is 1. The first-order valence-electron chi connectivity index (χ1n) is 8.29. The number of carbonyl (C=O) groups is 4. The lowest BCUT2D eigenvalue weighted by Gasteiger charge is -2.28. The number of imide groups is 1. The molecule has 3 rings (SSSR count). The third-order valence-electron chi connectivity index (χ3n) is 4.21.